The van der Waals surface area contributed by atoms with Gasteiger partial charge in [0.2, 0.25) is 5.88 Å². The maximum atomic E-state index is 14.4. The SMILES string of the molecule is N#Cc1c(OCC23CCCN2C[C@H](F)C3)nc(N2CC3CCC(C2)N3)c2c1CN(Cc1ccccc1)CC2. The standard InChI is InChI=1S/C30H37FN6O/c31-22-13-30(10-4-11-37(30)16-22)20-38-29-26(14-32)27-19-35(15-21-5-2-1-3-6-21)12-9-25(27)28(34-29)36-17-23-7-8-24(18-36)33-23/h1-3,5-6,22-24,33H,4,7-13,15-20H2/t22-,23?,24?,30?/m1/s1. The Morgan fingerprint density at radius 3 is 2.71 bits per heavy atom. The molecule has 0 spiro atoms. The van der Waals surface area contributed by atoms with Crippen LogP contribution in [0.2, 0.25) is 0 Å². The first-order chi connectivity index (χ1) is 18.6. The molecule has 1 N–H and O–H groups in total. The van der Waals surface area contributed by atoms with Crippen molar-refractivity contribution >= 4 is 5.82 Å². The fraction of sp³-hybridized carbons (Fsp3) is 0.600. The van der Waals surface area contributed by atoms with Crippen molar-refractivity contribution in [2.24, 2.45) is 0 Å². The third-order valence-electron chi connectivity index (χ3n) is 9.53. The zero-order valence-corrected chi connectivity index (χ0v) is 22.0. The maximum Gasteiger partial charge on any atom is 0.234 e. The Bertz CT molecular complexity index is 1220. The number of nitriles is 1. The molecule has 5 aliphatic heterocycles. The highest BCUT2D eigenvalue weighted by atomic mass is 19.1. The Labute approximate surface area is 224 Å². The number of fused-ring (bicyclic) bond motifs is 4. The van der Waals surface area contributed by atoms with Crippen molar-refractivity contribution in [2.45, 2.75) is 75.4 Å². The molecule has 2 bridgehead atoms. The molecule has 1 aromatic heterocycles. The van der Waals surface area contributed by atoms with Gasteiger partial charge in [0.05, 0.1) is 5.54 Å². The smallest absolute Gasteiger partial charge is 0.234 e. The lowest BCUT2D eigenvalue weighted by Crippen LogP contribution is -2.52. The van der Waals surface area contributed by atoms with E-state index in [0.29, 0.717) is 49.6 Å². The minimum Gasteiger partial charge on any atom is -0.475 e. The highest BCUT2D eigenvalue weighted by Gasteiger charge is 2.49. The lowest BCUT2D eigenvalue weighted by Gasteiger charge is -2.38. The van der Waals surface area contributed by atoms with Crippen LogP contribution in [0.4, 0.5) is 10.2 Å². The first-order valence-corrected chi connectivity index (χ1v) is 14.4. The van der Waals surface area contributed by atoms with Gasteiger partial charge in [0.15, 0.2) is 0 Å². The van der Waals surface area contributed by atoms with Gasteiger partial charge in [-0.25, -0.2) is 4.39 Å². The van der Waals surface area contributed by atoms with Crippen LogP contribution in [-0.2, 0) is 19.5 Å². The highest BCUT2D eigenvalue weighted by molar-refractivity contribution is 5.61. The Hall–Kier alpha value is -2.73. The molecule has 0 saturated carbocycles. The number of pyridine rings is 1. The van der Waals surface area contributed by atoms with Crippen LogP contribution in [0, 0.1) is 11.3 Å². The molecule has 7 nitrogen and oxygen atoms in total. The molecule has 6 heterocycles. The summed E-state index contributed by atoms with van der Waals surface area (Å²) in [5.74, 6) is 1.44. The average molecular weight is 517 g/mol. The first-order valence-electron chi connectivity index (χ1n) is 14.4. The highest BCUT2D eigenvalue weighted by Crippen LogP contribution is 2.42. The minimum atomic E-state index is -0.802. The number of ether oxygens (including phenoxy) is 1. The van der Waals surface area contributed by atoms with E-state index in [4.69, 9.17) is 9.72 Å². The molecule has 0 radical (unpaired) electrons. The van der Waals surface area contributed by atoms with Crippen LogP contribution in [0.25, 0.3) is 0 Å². The maximum absolute atomic E-state index is 14.4. The molecule has 1 aromatic carbocycles. The van der Waals surface area contributed by atoms with Gasteiger partial charge in [-0.1, -0.05) is 30.3 Å². The summed E-state index contributed by atoms with van der Waals surface area (Å²) in [7, 11) is 0. The third-order valence-corrected chi connectivity index (χ3v) is 9.53. The fourth-order valence-electron chi connectivity index (χ4n) is 7.72. The second-order valence-corrected chi connectivity index (χ2v) is 12.0. The van der Waals surface area contributed by atoms with Gasteiger partial charge in [0, 0.05) is 63.3 Å². The summed E-state index contributed by atoms with van der Waals surface area (Å²) in [5, 5.41) is 14.1. The Morgan fingerprint density at radius 2 is 1.92 bits per heavy atom. The van der Waals surface area contributed by atoms with Gasteiger partial charge in [-0.2, -0.15) is 10.2 Å². The largest absolute Gasteiger partial charge is 0.475 e. The summed E-state index contributed by atoms with van der Waals surface area (Å²) in [6.07, 6.45) is 5.01. The van der Waals surface area contributed by atoms with Gasteiger partial charge >= 0.3 is 0 Å². The number of anilines is 1. The van der Waals surface area contributed by atoms with E-state index in [2.05, 4.69) is 50.4 Å². The number of hydrogen-bond donors (Lipinski definition) is 1. The van der Waals surface area contributed by atoms with Crippen LogP contribution in [0.3, 0.4) is 0 Å². The van der Waals surface area contributed by atoms with Crippen molar-refractivity contribution in [3.05, 3.63) is 52.6 Å². The Balaban J connectivity index is 1.23. The normalized spacial score (nSPS) is 30.7. The minimum absolute atomic E-state index is 0.266. The number of alkyl halides is 1. The van der Waals surface area contributed by atoms with Gasteiger partial charge in [-0.3, -0.25) is 9.80 Å². The number of piperazine rings is 1. The molecule has 0 amide bonds. The van der Waals surface area contributed by atoms with E-state index in [0.717, 1.165) is 63.4 Å². The molecule has 2 aromatic rings. The summed E-state index contributed by atoms with van der Waals surface area (Å²) in [6, 6.07) is 14.0. The van der Waals surface area contributed by atoms with Crippen LogP contribution >= 0.6 is 0 Å². The van der Waals surface area contributed by atoms with Crippen molar-refractivity contribution in [1.82, 2.24) is 20.1 Å². The van der Waals surface area contributed by atoms with Crippen molar-refractivity contribution in [3.63, 3.8) is 0 Å². The quantitative estimate of drug-likeness (QED) is 0.631. The molecule has 7 rings (SSSR count). The molecule has 4 atom stereocenters. The second-order valence-electron chi connectivity index (χ2n) is 12.0. The van der Waals surface area contributed by atoms with Crippen LogP contribution in [-0.4, -0.2) is 77.9 Å². The monoisotopic (exact) mass is 516 g/mol. The zero-order valence-electron chi connectivity index (χ0n) is 22.0. The lowest BCUT2D eigenvalue weighted by molar-refractivity contribution is 0.110. The molecule has 8 heteroatoms. The van der Waals surface area contributed by atoms with E-state index in [1.54, 1.807) is 0 Å². The molecule has 4 fully saturated rings. The van der Waals surface area contributed by atoms with Gasteiger partial charge in [-0.05, 0) is 49.8 Å². The van der Waals surface area contributed by atoms with Crippen LogP contribution in [0.5, 0.6) is 5.88 Å². The fourth-order valence-corrected chi connectivity index (χ4v) is 7.72. The predicted molar refractivity (Wildman–Crippen MR) is 144 cm³/mol. The summed E-state index contributed by atoms with van der Waals surface area (Å²) >= 11 is 0. The Morgan fingerprint density at radius 1 is 1.11 bits per heavy atom. The predicted octanol–water partition coefficient (Wildman–Crippen LogP) is 3.41. The van der Waals surface area contributed by atoms with E-state index < -0.39 is 6.17 Å². The van der Waals surface area contributed by atoms with E-state index in [1.165, 1.54) is 24.0 Å². The number of nitrogens with one attached hydrogen (secondary N) is 1. The van der Waals surface area contributed by atoms with Crippen molar-refractivity contribution < 1.29 is 9.13 Å². The number of hydrogen-bond acceptors (Lipinski definition) is 7. The molecule has 5 aliphatic rings. The van der Waals surface area contributed by atoms with Crippen molar-refractivity contribution in [1.29, 1.82) is 5.26 Å². The molecular weight excluding hydrogens is 479 g/mol. The molecule has 0 aliphatic carbocycles. The van der Waals surface area contributed by atoms with Gasteiger partial charge < -0.3 is 15.0 Å². The summed E-state index contributed by atoms with van der Waals surface area (Å²) in [6.45, 7) is 6.20. The van der Waals surface area contributed by atoms with Crippen LogP contribution in [0.15, 0.2) is 30.3 Å². The van der Waals surface area contributed by atoms with E-state index in [9.17, 15) is 9.65 Å². The summed E-state index contributed by atoms with van der Waals surface area (Å²) in [4.78, 5) is 12.2. The van der Waals surface area contributed by atoms with Gasteiger partial charge in [0.25, 0.3) is 0 Å². The average Bonchev–Trinajstić information content (AvgIpc) is 3.57. The van der Waals surface area contributed by atoms with Crippen molar-refractivity contribution in [3.8, 4) is 11.9 Å². The third kappa shape index (κ3) is 4.35. The molecule has 38 heavy (non-hydrogen) atoms. The second kappa shape index (κ2) is 9.78. The first kappa shape index (κ1) is 24.3. The zero-order chi connectivity index (χ0) is 25.7. The summed E-state index contributed by atoms with van der Waals surface area (Å²) < 4.78 is 20.9. The van der Waals surface area contributed by atoms with Crippen molar-refractivity contribution in [2.75, 3.05) is 44.2 Å². The molecular formula is C30H37FN6O. The Kier molecular flexibility index (Phi) is 6.26. The molecule has 200 valence electrons. The number of benzene rings is 1. The van der Waals surface area contributed by atoms with Crippen LogP contribution < -0.4 is 15.0 Å². The number of halogens is 1. The lowest BCUT2D eigenvalue weighted by atomic mass is 9.94. The van der Waals surface area contributed by atoms with E-state index in [1.807, 2.05) is 6.07 Å². The molecule has 3 unspecified atom stereocenters. The number of aromatic nitrogens is 1. The topological polar surface area (TPSA) is 67.7 Å². The molecule has 4 saturated heterocycles. The van der Waals surface area contributed by atoms with Gasteiger partial charge in [0.1, 0.15) is 30.2 Å². The van der Waals surface area contributed by atoms with E-state index >= 15 is 0 Å². The number of rotatable bonds is 6. The summed E-state index contributed by atoms with van der Waals surface area (Å²) in [5.41, 5.74) is 3.86. The number of nitrogens with zero attached hydrogens (tertiary/aromatic N) is 5. The van der Waals surface area contributed by atoms with Gasteiger partial charge in [-0.15, -0.1) is 0 Å². The van der Waals surface area contributed by atoms with E-state index in [-0.39, 0.29) is 5.54 Å². The van der Waals surface area contributed by atoms with Crippen LogP contribution in [0.1, 0.15) is 54.4 Å².